The number of methoxy groups -OCH3 is 1. The maximum Gasteiger partial charge on any atom is 0.231 e. The molecule has 0 spiro atoms. The van der Waals surface area contributed by atoms with Crippen LogP contribution >= 0.6 is 0 Å². The van der Waals surface area contributed by atoms with E-state index in [9.17, 15) is 8.42 Å². The standard InChI is InChI=1S/C25H20N4O5S/c1-32-16-7-9-17(10-8-16)35(30,31)23-22-25(28-19-5-3-2-4-18(19)27-22)29(24(23)26)13-15-6-11-20-21(12-15)34-14-33-20/h2-12H,13-14,26H2,1H3. The van der Waals surface area contributed by atoms with E-state index in [4.69, 9.17) is 24.9 Å². The van der Waals surface area contributed by atoms with Gasteiger partial charge in [-0.3, -0.25) is 0 Å². The molecule has 176 valence electrons. The number of benzene rings is 3. The van der Waals surface area contributed by atoms with Gasteiger partial charge >= 0.3 is 0 Å². The first kappa shape index (κ1) is 21.2. The Kier molecular flexibility index (Phi) is 4.78. The topological polar surface area (TPSA) is 119 Å². The van der Waals surface area contributed by atoms with Gasteiger partial charge in [0.25, 0.3) is 0 Å². The first-order chi connectivity index (χ1) is 17.0. The van der Waals surface area contributed by atoms with E-state index in [1.54, 1.807) is 22.8 Å². The van der Waals surface area contributed by atoms with Crippen molar-refractivity contribution in [3.63, 3.8) is 0 Å². The second kappa shape index (κ2) is 7.88. The molecule has 0 unspecified atom stereocenters. The highest BCUT2D eigenvalue weighted by molar-refractivity contribution is 7.92. The molecule has 0 radical (unpaired) electrons. The molecule has 9 nitrogen and oxygen atoms in total. The lowest BCUT2D eigenvalue weighted by Crippen LogP contribution is -2.09. The van der Waals surface area contributed by atoms with Crippen molar-refractivity contribution in [2.45, 2.75) is 16.3 Å². The Morgan fingerprint density at radius 3 is 2.43 bits per heavy atom. The van der Waals surface area contributed by atoms with Gasteiger partial charge in [0.05, 0.1) is 29.6 Å². The average Bonchev–Trinajstić information content (AvgIpc) is 3.45. The number of fused-ring (bicyclic) bond motifs is 3. The highest BCUT2D eigenvalue weighted by Gasteiger charge is 2.30. The molecule has 0 fully saturated rings. The normalized spacial score (nSPS) is 12.9. The molecule has 0 atom stereocenters. The molecule has 5 aromatic rings. The fraction of sp³-hybridized carbons (Fsp3) is 0.120. The lowest BCUT2D eigenvalue weighted by Gasteiger charge is -2.09. The summed E-state index contributed by atoms with van der Waals surface area (Å²) in [4.78, 5) is 9.43. The van der Waals surface area contributed by atoms with E-state index in [1.165, 1.54) is 19.2 Å². The molecule has 10 heteroatoms. The van der Waals surface area contributed by atoms with Gasteiger partial charge in [0.15, 0.2) is 17.1 Å². The van der Waals surface area contributed by atoms with E-state index in [1.807, 2.05) is 36.4 Å². The predicted octanol–water partition coefficient (Wildman–Crippen LogP) is 3.79. The van der Waals surface area contributed by atoms with Crippen LogP contribution < -0.4 is 19.9 Å². The molecule has 3 aromatic carbocycles. The maximum absolute atomic E-state index is 13.8. The van der Waals surface area contributed by atoms with Crippen molar-refractivity contribution in [3.05, 3.63) is 72.3 Å². The quantitative estimate of drug-likeness (QED) is 0.397. The van der Waals surface area contributed by atoms with Crippen molar-refractivity contribution in [2.24, 2.45) is 0 Å². The smallest absolute Gasteiger partial charge is 0.231 e. The van der Waals surface area contributed by atoms with Crippen molar-refractivity contribution in [2.75, 3.05) is 19.6 Å². The molecule has 6 rings (SSSR count). The van der Waals surface area contributed by atoms with Crippen LogP contribution in [0.3, 0.4) is 0 Å². The van der Waals surface area contributed by atoms with Crippen LogP contribution in [0.25, 0.3) is 22.2 Å². The number of nitrogen functional groups attached to an aromatic ring is 1. The van der Waals surface area contributed by atoms with Crippen LogP contribution in [0.15, 0.2) is 76.5 Å². The largest absolute Gasteiger partial charge is 0.497 e. The van der Waals surface area contributed by atoms with E-state index < -0.39 is 9.84 Å². The minimum Gasteiger partial charge on any atom is -0.497 e. The Labute approximate surface area is 200 Å². The minimum absolute atomic E-state index is 0.0591. The minimum atomic E-state index is -4.02. The molecular weight excluding hydrogens is 468 g/mol. The third-order valence-electron chi connectivity index (χ3n) is 5.96. The average molecular weight is 489 g/mol. The number of anilines is 1. The Morgan fingerprint density at radius 1 is 0.971 bits per heavy atom. The van der Waals surface area contributed by atoms with E-state index in [0.717, 1.165) is 5.56 Å². The number of rotatable bonds is 5. The van der Waals surface area contributed by atoms with Crippen LogP contribution in [-0.4, -0.2) is 36.9 Å². The fourth-order valence-corrected chi connectivity index (χ4v) is 5.72. The number of sulfone groups is 1. The van der Waals surface area contributed by atoms with Crippen molar-refractivity contribution in [3.8, 4) is 17.2 Å². The van der Waals surface area contributed by atoms with Crippen LogP contribution in [0.4, 0.5) is 5.82 Å². The third kappa shape index (κ3) is 3.41. The van der Waals surface area contributed by atoms with Gasteiger partial charge in [-0.25, -0.2) is 18.4 Å². The highest BCUT2D eigenvalue weighted by Crippen LogP contribution is 2.37. The molecule has 1 aliphatic rings. The molecule has 0 aliphatic carbocycles. The van der Waals surface area contributed by atoms with Crippen LogP contribution in [0.5, 0.6) is 17.2 Å². The summed E-state index contributed by atoms with van der Waals surface area (Å²) in [6.07, 6.45) is 0. The Hall–Kier alpha value is -4.31. The number of aromatic nitrogens is 3. The molecule has 0 saturated heterocycles. The molecule has 3 heterocycles. The second-order valence-electron chi connectivity index (χ2n) is 8.05. The van der Waals surface area contributed by atoms with Crippen molar-refractivity contribution in [1.82, 2.24) is 14.5 Å². The van der Waals surface area contributed by atoms with Gasteiger partial charge in [-0.2, -0.15) is 0 Å². The number of para-hydroxylation sites is 2. The number of ether oxygens (including phenoxy) is 3. The summed E-state index contributed by atoms with van der Waals surface area (Å²) in [5.74, 6) is 1.89. The number of hydrogen-bond acceptors (Lipinski definition) is 8. The number of hydrogen-bond donors (Lipinski definition) is 1. The third-order valence-corrected chi connectivity index (χ3v) is 7.80. The van der Waals surface area contributed by atoms with Crippen molar-refractivity contribution in [1.29, 1.82) is 0 Å². The Bertz CT molecular complexity index is 1710. The van der Waals surface area contributed by atoms with Gasteiger partial charge in [0, 0.05) is 0 Å². The molecule has 0 amide bonds. The monoisotopic (exact) mass is 488 g/mol. The van der Waals surface area contributed by atoms with Crippen LogP contribution in [0.1, 0.15) is 5.56 Å². The molecule has 0 saturated carbocycles. The summed E-state index contributed by atoms with van der Waals surface area (Å²) in [6, 6.07) is 19.0. The van der Waals surface area contributed by atoms with Crippen molar-refractivity contribution < 1.29 is 22.6 Å². The second-order valence-corrected chi connectivity index (χ2v) is 9.94. The van der Waals surface area contributed by atoms with E-state index in [0.29, 0.717) is 33.9 Å². The van der Waals surface area contributed by atoms with Gasteiger partial charge in [-0.05, 0) is 54.1 Å². The lowest BCUT2D eigenvalue weighted by atomic mass is 10.2. The summed E-state index contributed by atoms with van der Waals surface area (Å²) in [6.45, 7) is 0.430. The van der Waals surface area contributed by atoms with Gasteiger partial charge in [0.1, 0.15) is 22.0 Å². The number of nitrogens with two attached hydrogens (primary N) is 1. The lowest BCUT2D eigenvalue weighted by molar-refractivity contribution is 0.174. The SMILES string of the molecule is COc1ccc(S(=O)(=O)c2c(N)n(Cc3ccc4c(c3)OCO4)c3nc4ccccc4nc23)cc1. The molecule has 35 heavy (non-hydrogen) atoms. The van der Waals surface area contributed by atoms with Crippen LogP contribution in [0, 0.1) is 0 Å². The summed E-state index contributed by atoms with van der Waals surface area (Å²) in [5, 5.41) is 0. The highest BCUT2D eigenvalue weighted by atomic mass is 32.2. The zero-order valence-corrected chi connectivity index (χ0v) is 19.5. The summed E-state index contributed by atoms with van der Waals surface area (Å²) >= 11 is 0. The van der Waals surface area contributed by atoms with E-state index >= 15 is 0 Å². The Balaban J connectivity index is 1.57. The Morgan fingerprint density at radius 2 is 1.69 bits per heavy atom. The number of nitrogens with zero attached hydrogens (tertiary/aromatic N) is 3. The van der Waals surface area contributed by atoms with Crippen LogP contribution in [-0.2, 0) is 16.4 Å². The molecule has 2 aromatic heterocycles. The zero-order chi connectivity index (χ0) is 24.2. The predicted molar refractivity (Wildman–Crippen MR) is 130 cm³/mol. The zero-order valence-electron chi connectivity index (χ0n) is 18.6. The van der Waals surface area contributed by atoms with Gasteiger partial charge in [-0.15, -0.1) is 0 Å². The molecule has 0 bridgehead atoms. The first-order valence-corrected chi connectivity index (χ1v) is 12.3. The fourth-order valence-electron chi connectivity index (χ4n) is 4.21. The van der Waals surface area contributed by atoms with E-state index in [2.05, 4.69) is 4.98 Å². The molecular formula is C25H20N4O5S. The van der Waals surface area contributed by atoms with Crippen LogP contribution in [0.2, 0.25) is 0 Å². The first-order valence-electron chi connectivity index (χ1n) is 10.8. The summed E-state index contributed by atoms with van der Waals surface area (Å²) in [7, 11) is -2.50. The summed E-state index contributed by atoms with van der Waals surface area (Å²) in [5.41, 5.74) is 9.20. The summed E-state index contributed by atoms with van der Waals surface area (Å²) < 4.78 is 45.3. The maximum atomic E-state index is 13.8. The molecule has 1 aliphatic heterocycles. The van der Waals surface area contributed by atoms with Crippen molar-refractivity contribution >= 4 is 37.9 Å². The van der Waals surface area contributed by atoms with E-state index in [-0.39, 0.29) is 34.5 Å². The van der Waals surface area contributed by atoms with Gasteiger partial charge in [-0.1, -0.05) is 18.2 Å². The van der Waals surface area contributed by atoms with Gasteiger partial charge < -0.3 is 24.5 Å². The van der Waals surface area contributed by atoms with Gasteiger partial charge in [0.2, 0.25) is 16.6 Å². The molecule has 2 N–H and O–H groups in total.